The molecule has 0 atom stereocenters. The number of methoxy groups -OCH3 is 2. The highest BCUT2D eigenvalue weighted by molar-refractivity contribution is 5.85. The van der Waals surface area contributed by atoms with Gasteiger partial charge in [-0.25, -0.2) is 0 Å². The summed E-state index contributed by atoms with van der Waals surface area (Å²) in [6.45, 7) is 1.40. The SMILES string of the molecule is COc1ccc(CCNCc2ccc(OCC(N)=O)c(OC)c2)cc1.Cl. The van der Waals surface area contributed by atoms with Crippen LogP contribution in [-0.4, -0.2) is 33.3 Å². The molecule has 0 heterocycles. The normalized spacial score (nSPS) is 9.92. The number of carbonyl (C=O) groups excluding carboxylic acids is 1. The van der Waals surface area contributed by atoms with Crippen molar-refractivity contribution in [3.63, 3.8) is 0 Å². The summed E-state index contributed by atoms with van der Waals surface area (Å²) < 4.78 is 15.8. The van der Waals surface area contributed by atoms with Crippen LogP contribution in [0.4, 0.5) is 0 Å². The van der Waals surface area contributed by atoms with E-state index < -0.39 is 5.91 Å². The Balaban J connectivity index is 0.00000338. The zero-order valence-electron chi connectivity index (χ0n) is 15.0. The quantitative estimate of drug-likeness (QED) is 0.618. The summed E-state index contributed by atoms with van der Waals surface area (Å²) in [7, 11) is 3.22. The van der Waals surface area contributed by atoms with Gasteiger partial charge in [0.15, 0.2) is 18.1 Å². The van der Waals surface area contributed by atoms with Crippen molar-refractivity contribution in [2.75, 3.05) is 27.4 Å². The van der Waals surface area contributed by atoms with Crippen molar-refractivity contribution >= 4 is 18.3 Å². The summed E-state index contributed by atoms with van der Waals surface area (Å²) in [5.41, 5.74) is 7.40. The van der Waals surface area contributed by atoms with Crippen molar-refractivity contribution in [3.05, 3.63) is 53.6 Å². The van der Waals surface area contributed by atoms with E-state index >= 15 is 0 Å². The Morgan fingerprint density at radius 2 is 1.69 bits per heavy atom. The molecule has 0 unspecified atom stereocenters. The fraction of sp³-hybridized carbons (Fsp3) is 0.316. The molecular weight excluding hydrogens is 356 g/mol. The van der Waals surface area contributed by atoms with Gasteiger partial charge in [-0.15, -0.1) is 12.4 Å². The molecule has 142 valence electrons. The fourth-order valence-corrected chi connectivity index (χ4v) is 2.35. The molecular formula is C19H25ClN2O4. The maximum absolute atomic E-state index is 10.8. The molecule has 26 heavy (non-hydrogen) atoms. The third-order valence-corrected chi connectivity index (χ3v) is 3.68. The lowest BCUT2D eigenvalue weighted by atomic mass is 10.1. The standard InChI is InChI=1S/C19H24N2O4.ClH/c1-23-16-6-3-14(4-7-16)9-10-21-12-15-5-8-17(18(11-15)24-2)25-13-19(20)22;/h3-8,11,21H,9-10,12-13H2,1-2H3,(H2,20,22);1H. The smallest absolute Gasteiger partial charge is 0.255 e. The largest absolute Gasteiger partial charge is 0.497 e. The van der Waals surface area contributed by atoms with Gasteiger partial charge in [0.05, 0.1) is 14.2 Å². The minimum atomic E-state index is -0.522. The third kappa shape index (κ3) is 6.82. The van der Waals surface area contributed by atoms with E-state index in [1.54, 1.807) is 20.3 Å². The number of benzene rings is 2. The van der Waals surface area contributed by atoms with Gasteiger partial charge in [-0.2, -0.15) is 0 Å². The molecule has 0 saturated heterocycles. The maximum atomic E-state index is 10.8. The zero-order chi connectivity index (χ0) is 18.1. The predicted octanol–water partition coefficient (Wildman–Crippen LogP) is 2.32. The zero-order valence-corrected chi connectivity index (χ0v) is 15.8. The number of amides is 1. The first kappa shape index (κ1) is 21.6. The van der Waals surface area contributed by atoms with E-state index in [9.17, 15) is 4.79 Å². The highest BCUT2D eigenvalue weighted by atomic mass is 35.5. The van der Waals surface area contributed by atoms with Crippen LogP contribution in [0.15, 0.2) is 42.5 Å². The average Bonchev–Trinajstić information content (AvgIpc) is 2.64. The lowest BCUT2D eigenvalue weighted by Gasteiger charge is -2.12. The van der Waals surface area contributed by atoms with Gasteiger partial charge >= 0.3 is 0 Å². The Bertz CT molecular complexity index is 692. The molecule has 0 radical (unpaired) electrons. The van der Waals surface area contributed by atoms with E-state index in [1.165, 1.54) is 5.56 Å². The molecule has 0 fully saturated rings. The Kier molecular flexibility index (Phi) is 9.33. The van der Waals surface area contributed by atoms with Crippen LogP contribution >= 0.6 is 12.4 Å². The van der Waals surface area contributed by atoms with Crippen molar-refractivity contribution < 1.29 is 19.0 Å². The summed E-state index contributed by atoms with van der Waals surface area (Å²) >= 11 is 0. The minimum absolute atomic E-state index is 0. The summed E-state index contributed by atoms with van der Waals surface area (Å²) in [6, 6.07) is 13.6. The van der Waals surface area contributed by atoms with E-state index in [2.05, 4.69) is 17.4 Å². The number of nitrogens with one attached hydrogen (secondary N) is 1. The van der Waals surface area contributed by atoms with Gasteiger partial charge < -0.3 is 25.3 Å². The Morgan fingerprint density at radius 3 is 2.31 bits per heavy atom. The van der Waals surface area contributed by atoms with Gasteiger partial charge in [0.1, 0.15) is 5.75 Å². The number of primary amides is 1. The highest BCUT2D eigenvalue weighted by Crippen LogP contribution is 2.28. The van der Waals surface area contributed by atoms with Crippen LogP contribution in [0.5, 0.6) is 17.2 Å². The van der Waals surface area contributed by atoms with Gasteiger partial charge in [0, 0.05) is 6.54 Å². The second-order valence-electron chi connectivity index (χ2n) is 5.52. The van der Waals surface area contributed by atoms with Crippen LogP contribution in [0.3, 0.4) is 0 Å². The average molecular weight is 381 g/mol. The van der Waals surface area contributed by atoms with E-state index in [1.807, 2.05) is 24.3 Å². The number of carbonyl (C=O) groups is 1. The van der Waals surface area contributed by atoms with E-state index in [0.717, 1.165) is 24.3 Å². The van der Waals surface area contributed by atoms with Crippen molar-refractivity contribution in [2.24, 2.45) is 5.73 Å². The summed E-state index contributed by atoms with van der Waals surface area (Å²) in [6.07, 6.45) is 0.931. The molecule has 0 spiro atoms. The molecule has 0 bridgehead atoms. The number of hydrogen-bond donors (Lipinski definition) is 2. The molecule has 2 aromatic carbocycles. The van der Waals surface area contributed by atoms with Crippen LogP contribution in [0.1, 0.15) is 11.1 Å². The van der Waals surface area contributed by atoms with Gasteiger partial charge in [-0.05, 0) is 48.4 Å². The molecule has 0 saturated carbocycles. The Hall–Kier alpha value is -2.44. The highest BCUT2D eigenvalue weighted by Gasteiger charge is 2.07. The second kappa shape index (κ2) is 11.2. The van der Waals surface area contributed by atoms with Gasteiger partial charge in [0.2, 0.25) is 0 Å². The molecule has 0 aromatic heterocycles. The first-order valence-corrected chi connectivity index (χ1v) is 8.04. The molecule has 2 rings (SSSR count). The molecule has 3 N–H and O–H groups in total. The number of ether oxygens (including phenoxy) is 3. The van der Waals surface area contributed by atoms with Gasteiger partial charge in [-0.3, -0.25) is 4.79 Å². The Morgan fingerprint density at radius 1 is 1.00 bits per heavy atom. The van der Waals surface area contributed by atoms with Crippen LogP contribution in [-0.2, 0) is 17.8 Å². The molecule has 2 aromatic rings. The number of halogens is 1. The number of nitrogens with two attached hydrogens (primary N) is 1. The molecule has 0 aliphatic rings. The van der Waals surface area contributed by atoms with Crippen LogP contribution < -0.4 is 25.3 Å². The molecule has 0 aliphatic carbocycles. The topological polar surface area (TPSA) is 82.8 Å². The first-order valence-electron chi connectivity index (χ1n) is 8.04. The molecule has 6 nitrogen and oxygen atoms in total. The predicted molar refractivity (Wildman–Crippen MR) is 103 cm³/mol. The minimum Gasteiger partial charge on any atom is -0.497 e. The van der Waals surface area contributed by atoms with Gasteiger partial charge in [0.25, 0.3) is 5.91 Å². The van der Waals surface area contributed by atoms with E-state index in [0.29, 0.717) is 18.0 Å². The second-order valence-corrected chi connectivity index (χ2v) is 5.52. The Labute approximate surface area is 160 Å². The summed E-state index contributed by atoms with van der Waals surface area (Å²) in [5.74, 6) is 1.42. The van der Waals surface area contributed by atoms with E-state index in [-0.39, 0.29) is 19.0 Å². The van der Waals surface area contributed by atoms with Crippen LogP contribution in [0.2, 0.25) is 0 Å². The molecule has 7 heteroatoms. The third-order valence-electron chi connectivity index (χ3n) is 3.68. The lowest BCUT2D eigenvalue weighted by molar-refractivity contribution is -0.119. The van der Waals surface area contributed by atoms with Crippen molar-refractivity contribution in [1.29, 1.82) is 0 Å². The summed E-state index contributed by atoms with van der Waals surface area (Å²) in [5, 5.41) is 3.40. The van der Waals surface area contributed by atoms with Crippen molar-refractivity contribution in [3.8, 4) is 17.2 Å². The number of rotatable bonds is 10. The maximum Gasteiger partial charge on any atom is 0.255 e. The van der Waals surface area contributed by atoms with E-state index in [4.69, 9.17) is 19.9 Å². The molecule has 1 amide bonds. The number of hydrogen-bond acceptors (Lipinski definition) is 5. The van der Waals surface area contributed by atoms with Crippen molar-refractivity contribution in [1.82, 2.24) is 5.32 Å². The fourth-order valence-electron chi connectivity index (χ4n) is 2.35. The van der Waals surface area contributed by atoms with Gasteiger partial charge in [-0.1, -0.05) is 18.2 Å². The lowest BCUT2D eigenvalue weighted by Crippen LogP contribution is -2.20. The molecule has 0 aliphatic heterocycles. The van der Waals surface area contributed by atoms with Crippen LogP contribution in [0, 0.1) is 0 Å². The first-order chi connectivity index (χ1) is 12.1. The van der Waals surface area contributed by atoms with Crippen LogP contribution in [0.25, 0.3) is 0 Å². The monoisotopic (exact) mass is 380 g/mol. The summed E-state index contributed by atoms with van der Waals surface area (Å²) in [4.78, 5) is 10.8. The van der Waals surface area contributed by atoms with Crippen molar-refractivity contribution in [2.45, 2.75) is 13.0 Å².